The van der Waals surface area contributed by atoms with Crippen molar-refractivity contribution in [1.29, 1.82) is 0 Å². The fraction of sp³-hybridized carbons (Fsp3) is 0.208. The van der Waals surface area contributed by atoms with Gasteiger partial charge in [-0.15, -0.1) is 0 Å². The lowest BCUT2D eigenvalue weighted by molar-refractivity contribution is -0.384. The number of aryl methyl sites for hydroxylation is 2. The van der Waals surface area contributed by atoms with E-state index in [1.807, 2.05) is 42.5 Å². The van der Waals surface area contributed by atoms with E-state index in [0.29, 0.717) is 24.3 Å². The van der Waals surface area contributed by atoms with Crippen LogP contribution in [0.2, 0.25) is 0 Å². The molecule has 0 fully saturated rings. The van der Waals surface area contributed by atoms with Gasteiger partial charge in [-0.25, -0.2) is 4.79 Å². The lowest BCUT2D eigenvalue weighted by atomic mass is 10.0. The summed E-state index contributed by atoms with van der Waals surface area (Å²) in [6.07, 6.45) is 2.22. The van der Waals surface area contributed by atoms with Crippen molar-refractivity contribution in [3.8, 4) is 5.75 Å². The molecule has 0 unspecified atom stereocenters. The van der Waals surface area contributed by atoms with Gasteiger partial charge in [-0.05, 0) is 48.6 Å². The maximum absolute atomic E-state index is 11.5. The summed E-state index contributed by atoms with van der Waals surface area (Å²) < 4.78 is 10.6. The second-order valence-electron chi connectivity index (χ2n) is 6.87. The van der Waals surface area contributed by atoms with E-state index in [0.717, 1.165) is 29.5 Å². The van der Waals surface area contributed by atoms with Gasteiger partial charge in [0.25, 0.3) is 5.69 Å². The highest BCUT2D eigenvalue weighted by atomic mass is 16.6. The van der Waals surface area contributed by atoms with E-state index in [-0.39, 0.29) is 11.7 Å². The number of nitrogens with zero attached hydrogens (tertiary/aromatic N) is 1. The number of methoxy groups -OCH3 is 1. The Labute approximate surface area is 175 Å². The van der Waals surface area contributed by atoms with Gasteiger partial charge in [0.05, 0.1) is 17.6 Å². The summed E-state index contributed by atoms with van der Waals surface area (Å²) in [7, 11) is 1.35. The largest absolute Gasteiger partial charge is 0.489 e. The van der Waals surface area contributed by atoms with Crippen molar-refractivity contribution < 1.29 is 19.2 Å². The number of hydrogen-bond acceptors (Lipinski definition) is 5. The van der Waals surface area contributed by atoms with E-state index >= 15 is 0 Å². The van der Waals surface area contributed by atoms with Crippen LogP contribution in [0, 0.1) is 10.1 Å². The van der Waals surface area contributed by atoms with E-state index in [9.17, 15) is 14.9 Å². The van der Waals surface area contributed by atoms with Crippen LogP contribution in [0.5, 0.6) is 5.75 Å². The minimum atomic E-state index is -0.393. The van der Waals surface area contributed by atoms with Crippen LogP contribution in [0.4, 0.5) is 5.69 Å². The molecule has 0 atom stereocenters. The van der Waals surface area contributed by atoms with Gasteiger partial charge in [0.1, 0.15) is 12.4 Å². The van der Waals surface area contributed by atoms with Crippen molar-refractivity contribution in [2.24, 2.45) is 0 Å². The van der Waals surface area contributed by atoms with Gasteiger partial charge in [-0.1, -0.05) is 42.5 Å². The molecule has 30 heavy (non-hydrogen) atoms. The van der Waals surface area contributed by atoms with E-state index < -0.39 is 4.92 Å². The smallest absolute Gasteiger partial charge is 0.337 e. The monoisotopic (exact) mass is 405 g/mol. The Morgan fingerprint density at radius 2 is 1.67 bits per heavy atom. The fourth-order valence-electron chi connectivity index (χ4n) is 3.16. The molecule has 3 rings (SSSR count). The Morgan fingerprint density at radius 1 is 0.933 bits per heavy atom. The highest BCUT2D eigenvalue weighted by Crippen LogP contribution is 2.27. The van der Waals surface area contributed by atoms with Crippen LogP contribution in [-0.2, 0) is 24.2 Å². The molecular weight excluding hydrogens is 382 g/mol. The van der Waals surface area contributed by atoms with Gasteiger partial charge in [0, 0.05) is 17.7 Å². The van der Waals surface area contributed by atoms with Gasteiger partial charge in [-0.3, -0.25) is 10.1 Å². The Hall–Kier alpha value is -3.67. The first-order valence-corrected chi connectivity index (χ1v) is 9.68. The van der Waals surface area contributed by atoms with Crippen LogP contribution in [0.1, 0.15) is 33.5 Å². The van der Waals surface area contributed by atoms with Crippen LogP contribution in [0.15, 0.2) is 72.8 Å². The molecule has 0 saturated heterocycles. The lowest BCUT2D eigenvalue weighted by Crippen LogP contribution is -2.02. The summed E-state index contributed by atoms with van der Waals surface area (Å²) in [5.74, 6) is 0.295. The Kier molecular flexibility index (Phi) is 7.16. The Bertz CT molecular complexity index is 1000. The van der Waals surface area contributed by atoms with E-state index in [1.54, 1.807) is 24.3 Å². The van der Waals surface area contributed by atoms with Crippen molar-refractivity contribution in [2.45, 2.75) is 25.9 Å². The zero-order valence-corrected chi connectivity index (χ0v) is 16.7. The van der Waals surface area contributed by atoms with E-state index in [1.165, 1.54) is 13.2 Å². The van der Waals surface area contributed by atoms with Crippen LogP contribution in [0.25, 0.3) is 0 Å². The van der Waals surface area contributed by atoms with Gasteiger partial charge in [0.2, 0.25) is 0 Å². The number of esters is 1. The fourth-order valence-corrected chi connectivity index (χ4v) is 3.16. The summed E-state index contributed by atoms with van der Waals surface area (Å²) in [6.45, 7) is 0.403. The molecular formula is C24H23NO5. The average Bonchev–Trinajstić information content (AvgIpc) is 2.78. The molecule has 0 aliphatic carbocycles. The van der Waals surface area contributed by atoms with Crippen molar-refractivity contribution in [1.82, 2.24) is 0 Å². The average molecular weight is 405 g/mol. The van der Waals surface area contributed by atoms with Crippen LogP contribution in [0.3, 0.4) is 0 Å². The van der Waals surface area contributed by atoms with Crippen LogP contribution in [-0.4, -0.2) is 18.0 Å². The first-order valence-electron chi connectivity index (χ1n) is 9.68. The summed E-state index contributed by atoms with van der Waals surface area (Å²) in [5, 5.41) is 11.2. The first-order chi connectivity index (χ1) is 14.6. The second kappa shape index (κ2) is 10.2. The number of nitro groups is 1. The number of non-ortho nitro benzene ring substituents is 1. The lowest BCUT2D eigenvalue weighted by Gasteiger charge is -2.12. The number of hydrogen-bond donors (Lipinski definition) is 0. The molecule has 0 spiro atoms. The molecule has 6 nitrogen and oxygen atoms in total. The quantitative estimate of drug-likeness (QED) is 0.280. The Balaban J connectivity index is 1.66. The molecule has 0 radical (unpaired) electrons. The van der Waals surface area contributed by atoms with Crippen molar-refractivity contribution in [3.05, 3.63) is 105 Å². The van der Waals surface area contributed by atoms with Gasteiger partial charge >= 0.3 is 5.97 Å². The molecule has 3 aromatic carbocycles. The minimum absolute atomic E-state index is 0.0551. The predicted molar refractivity (Wildman–Crippen MR) is 114 cm³/mol. The normalized spacial score (nSPS) is 10.4. The Morgan fingerprint density at radius 3 is 2.33 bits per heavy atom. The molecule has 0 aliphatic heterocycles. The summed E-state index contributed by atoms with van der Waals surface area (Å²) in [6, 6.07) is 21.8. The highest BCUT2D eigenvalue weighted by molar-refractivity contribution is 5.89. The summed E-state index contributed by atoms with van der Waals surface area (Å²) in [4.78, 5) is 22.3. The third kappa shape index (κ3) is 5.67. The number of nitro benzene ring substituents is 1. The van der Waals surface area contributed by atoms with Crippen molar-refractivity contribution in [2.75, 3.05) is 7.11 Å². The minimum Gasteiger partial charge on any atom is -0.489 e. The topological polar surface area (TPSA) is 78.7 Å². The molecule has 0 heterocycles. The zero-order chi connectivity index (χ0) is 21.3. The van der Waals surface area contributed by atoms with Crippen molar-refractivity contribution in [3.63, 3.8) is 0 Å². The van der Waals surface area contributed by atoms with E-state index in [4.69, 9.17) is 9.47 Å². The van der Waals surface area contributed by atoms with E-state index in [2.05, 4.69) is 0 Å². The van der Waals surface area contributed by atoms with Gasteiger partial charge in [0.15, 0.2) is 0 Å². The summed E-state index contributed by atoms with van der Waals surface area (Å²) in [5.41, 5.74) is 3.50. The number of benzene rings is 3. The molecule has 0 bridgehead atoms. The van der Waals surface area contributed by atoms with Gasteiger partial charge in [-0.2, -0.15) is 0 Å². The standard InChI is InChI=1S/C24H23NO5/c1-29-24(26)20-12-10-18(11-13-20)8-5-9-21-16-22(25(27)28)14-15-23(21)30-17-19-6-3-2-4-7-19/h2-4,6-7,10-16H,5,8-9,17H2,1H3. The maximum Gasteiger partial charge on any atom is 0.337 e. The molecule has 0 amide bonds. The second-order valence-corrected chi connectivity index (χ2v) is 6.87. The molecule has 0 N–H and O–H groups in total. The predicted octanol–water partition coefficient (Wildman–Crippen LogP) is 5.14. The molecule has 0 aliphatic rings. The van der Waals surface area contributed by atoms with Crippen molar-refractivity contribution >= 4 is 11.7 Å². The summed E-state index contributed by atoms with van der Waals surface area (Å²) >= 11 is 0. The number of rotatable bonds is 9. The molecule has 3 aromatic rings. The molecule has 154 valence electrons. The van der Waals surface area contributed by atoms with Crippen LogP contribution < -0.4 is 4.74 Å². The molecule has 0 aromatic heterocycles. The molecule has 6 heteroatoms. The van der Waals surface area contributed by atoms with Gasteiger partial charge < -0.3 is 9.47 Å². The third-order valence-electron chi connectivity index (χ3n) is 4.78. The van der Waals surface area contributed by atoms with Crippen LogP contribution >= 0.6 is 0 Å². The SMILES string of the molecule is COC(=O)c1ccc(CCCc2cc([N+](=O)[O-])ccc2OCc2ccccc2)cc1. The molecule has 0 saturated carbocycles. The third-order valence-corrected chi connectivity index (χ3v) is 4.78. The number of carbonyl (C=O) groups excluding carboxylic acids is 1. The maximum atomic E-state index is 11.5. The zero-order valence-electron chi connectivity index (χ0n) is 16.7. The number of ether oxygens (including phenoxy) is 2. The highest BCUT2D eigenvalue weighted by Gasteiger charge is 2.12. The number of carbonyl (C=O) groups is 1. The first kappa shape index (κ1) is 21.0.